The van der Waals surface area contributed by atoms with Crippen LogP contribution in [0.1, 0.15) is 82.9 Å². The summed E-state index contributed by atoms with van der Waals surface area (Å²) in [6.07, 6.45) is 2.52. The zero-order chi connectivity index (χ0) is 26.0. The number of amides is 1. The van der Waals surface area contributed by atoms with Gasteiger partial charge in [-0.2, -0.15) is 0 Å². The lowest BCUT2D eigenvalue weighted by molar-refractivity contribution is -0.145. The first kappa shape index (κ1) is 25.5. The Hall–Kier alpha value is -3.54. The van der Waals surface area contributed by atoms with Crippen LogP contribution in [0, 0.1) is 20.8 Å². The highest BCUT2D eigenvalue weighted by molar-refractivity contribution is 5.95. The Labute approximate surface area is 213 Å². The molecule has 0 saturated carbocycles. The summed E-state index contributed by atoms with van der Waals surface area (Å²) in [5.74, 6) is 0.884. The second-order valence-corrected chi connectivity index (χ2v) is 10.0. The molecule has 36 heavy (non-hydrogen) atoms. The van der Waals surface area contributed by atoms with Gasteiger partial charge in [0.05, 0.1) is 6.61 Å². The third-order valence-corrected chi connectivity index (χ3v) is 7.06. The van der Waals surface area contributed by atoms with Gasteiger partial charge in [0.1, 0.15) is 17.1 Å². The first-order valence-corrected chi connectivity index (χ1v) is 12.5. The molecule has 1 unspecified atom stereocenters. The molecule has 6 nitrogen and oxygen atoms in total. The van der Waals surface area contributed by atoms with Gasteiger partial charge in [-0.1, -0.05) is 30.3 Å². The number of benzene rings is 2. The van der Waals surface area contributed by atoms with Crippen LogP contribution in [0.15, 0.2) is 46.9 Å². The molecule has 0 bridgehead atoms. The highest BCUT2D eigenvalue weighted by atomic mass is 16.5. The van der Waals surface area contributed by atoms with Crippen LogP contribution in [0.4, 0.5) is 0 Å². The van der Waals surface area contributed by atoms with Crippen molar-refractivity contribution in [2.75, 3.05) is 6.61 Å². The van der Waals surface area contributed by atoms with Gasteiger partial charge in [-0.05, 0) is 99.9 Å². The largest absolute Gasteiger partial charge is 0.487 e. The van der Waals surface area contributed by atoms with Crippen molar-refractivity contribution < 1.29 is 23.5 Å². The predicted octanol–water partition coefficient (Wildman–Crippen LogP) is 5.93. The number of nitrogens with one attached hydrogen (secondary N) is 1. The number of esters is 1. The van der Waals surface area contributed by atoms with Gasteiger partial charge in [0.15, 0.2) is 11.8 Å². The molecule has 4 rings (SSSR count). The summed E-state index contributed by atoms with van der Waals surface area (Å²) in [5, 5.41) is 2.77. The van der Waals surface area contributed by atoms with Crippen LogP contribution in [0.5, 0.6) is 5.75 Å². The minimum Gasteiger partial charge on any atom is -0.487 e. The van der Waals surface area contributed by atoms with Crippen molar-refractivity contribution in [2.45, 2.75) is 72.4 Å². The van der Waals surface area contributed by atoms with Crippen molar-refractivity contribution in [2.24, 2.45) is 0 Å². The maximum atomic E-state index is 13.0. The zero-order valence-corrected chi connectivity index (χ0v) is 22.0. The highest BCUT2D eigenvalue weighted by Gasteiger charge is 2.31. The Bertz CT molecular complexity index is 1270. The summed E-state index contributed by atoms with van der Waals surface area (Å²) in [5.41, 5.74) is 6.50. The molecule has 1 N–H and O–H groups in total. The SMILES string of the molecule is CCOC(=O)C(NC(=O)c1ccc(Cc2c(C)c(C)c3c(c2C)CCC(C)(C)O3)o1)c1ccccc1. The Morgan fingerprint density at radius 2 is 1.75 bits per heavy atom. The van der Waals surface area contributed by atoms with Crippen LogP contribution in [0.2, 0.25) is 0 Å². The number of furan rings is 1. The van der Waals surface area contributed by atoms with Crippen LogP contribution in [-0.2, 0) is 22.4 Å². The van der Waals surface area contributed by atoms with Crippen LogP contribution in [0.3, 0.4) is 0 Å². The van der Waals surface area contributed by atoms with Gasteiger partial charge in [-0.15, -0.1) is 0 Å². The average molecular weight is 490 g/mol. The molecule has 1 aromatic heterocycles. The topological polar surface area (TPSA) is 77.8 Å². The van der Waals surface area contributed by atoms with Gasteiger partial charge in [0.2, 0.25) is 0 Å². The number of fused-ring (bicyclic) bond motifs is 1. The Morgan fingerprint density at radius 3 is 2.44 bits per heavy atom. The Balaban J connectivity index is 1.56. The molecule has 0 saturated heterocycles. The van der Waals surface area contributed by atoms with E-state index in [1.54, 1.807) is 25.1 Å². The molecular weight excluding hydrogens is 454 g/mol. The van der Waals surface area contributed by atoms with Gasteiger partial charge >= 0.3 is 5.97 Å². The van der Waals surface area contributed by atoms with Crippen molar-refractivity contribution in [1.82, 2.24) is 5.32 Å². The molecule has 0 fully saturated rings. The first-order chi connectivity index (χ1) is 17.1. The molecular formula is C30H35NO5. The molecule has 2 aromatic carbocycles. The fourth-order valence-corrected chi connectivity index (χ4v) is 4.84. The monoisotopic (exact) mass is 489 g/mol. The average Bonchev–Trinajstić information content (AvgIpc) is 3.32. The third kappa shape index (κ3) is 5.18. The quantitative estimate of drug-likeness (QED) is 0.416. The van der Waals surface area contributed by atoms with E-state index in [-0.39, 0.29) is 18.0 Å². The van der Waals surface area contributed by atoms with E-state index in [1.165, 1.54) is 22.3 Å². The van der Waals surface area contributed by atoms with Crippen molar-refractivity contribution >= 4 is 11.9 Å². The minimum absolute atomic E-state index is 0.158. The smallest absolute Gasteiger partial charge is 0.333 e. The molecule has 1 atom stereocenters. The van der Waals surface area contributed by atoms with E-state index in [1.807, 2.05) is 24.3 Å². The molecule has 0 radical (unpaired) electrons. The lowest BCUT2D eigenvalue weighted by Gasteiger charge is -2.35. The van der Waals surface area contributed by atoms with Crippen molar-refractivity contribution in [3.05, 3.63) is 87.4 Å². The lowest BCUT2D eigenvalue weighted by atomic mass is 9.84. The molecule has 3 aromatic rings. The van der Waals surface area contributed by atoms with E-state index in [0.717, 1.165) is 24.2 Å². The molecule has 190 valence electrons. The van der Waals surface area contributed by atoms with Crippen molar-refractivity contribution in [3.8, 4) is 5.75 Å². The van der Waals surface area contributed by atoms with Gasteiger partial charge in [0.25, 0.3) is 5.91 Å². The molecule has 0 aliphatic carbocycles. The molecule has 1 amide bonds. The summed E-state index contributed by atoms with van der Waals surface area (Å²) in [7, 11) is 0. The van der Waals surface area contributed by atoms with E-state index in [2.05, 4.69) is 39.9 Å². The van der Waals surface area contributed by atoms with Crippen LogP contribution in [-0.4, -0.2) is 24.1 Å². The number of carbonyl (C=O) groups excluding carboxylic acids is 2. The van der Waals surface area contributed by atoms with Gasteiger partial charge in [-0.25, -0.2) is 4.79 Å². The van der Waals surface area contributed by atoms with E-state index >= 15 is 0 Å². The number of hydrogen-bond donors (Lipinski definition) is 1. The normalized spacial score (nSPS) is 14.9. The fourth-order valence-electron chi connectivity index (χ4n) is 4.84. The fraction of sp³-hybridized carbons (Fsp3) is 0.400. The standard InChI is InChI=1S/C30H35NO5/c1-7-34-29(33)26(21-11-9-8-10-12-21)31-28(32)25-14-13-22(35-25)17-24-18(2)19(3)27-23(20(24)4)15-16-30(5,6)36-27/h8-14,26H,7,15-17H2,1-6H3,(H,31,32). The highest BCUT2D eigenvalue weighted by Crippen LogP contribution is 2.41. The molecule has 1 aliphatic heterocycles. The van der Waals surface area contributed by atoms with Gasteiger partial charge in [0, 0.05) is 6.42 Å². The van der Waals surface area contributed by atoms with E-state index < -0.39 is 17.9 Å². The number of rotatable bonds is 7. The van der Waals surface area contributed by atoms with E-state index in [9.17, 15) is 9.59 Å². The van der Waals surface area contributed by atoms with E-state index in [0.29, 0.717) is 17.7 Å². The molecule has 2 heterocycles. The van der Waals surface area contributed by atoms with Crippen molar-refractivity contribution in [3.63, 3.8) is 0 Å². The summed E-state index contributed by atoms with van der Waals surface area (Å²) in [4.78, 5) is 25.6. The minimum atomic E-state index is -0.913. The van der Waals surface area contributed by atoms with Crippen LogP contribution >= 0.6 is 0 Å². The van der Waals surface area contributed by atoms with E-state index in [4.69, 9.17) is 13.9 Å². The summed E-state index contributed by atoms with van der Waals surface area (Å²) >= 11 is 0. The second kappa shape index (κ2) is 10.2. The Morgan fingerprint density at radius 1 is 1.03 bits per heavy atom. The number of ether oxygens (including phenoxy) is 2. The van der Waals surface area contributed by atoms with Gasteiger partial charge < -0.3 is 19.2 Å². The molecule has 1 aliphatic rings. The second-order valence-electron chi connectivity index (χ2n) is 10.0. The third-order valence-electron chi connectivity index (χ3n) is 7.06. The molecule has 6 heteroatoms. The van der Waals surface area contributed by atoms with Crippen LogP contribution < -0.4 is 10.1 Å². The maximum Gasteiger partial charge on any atom is 0.333 e. The summed E-state index contributed by atoms with van der Waals surface area (Å²) in [6.45, 7) is 12.6. The van der Waals surface area contributed by atoms with Crippen LogP contribution in [0.25, 0.3) is 0 Å². The predicted molar refractivity (Wildman–Crippen MR) is 138 cm³/mol. The number of hydrogen-bond acceptors (Lipinski definition) is 5. The zero-order valence-electron chi connectivity index (χ0n) is 22.0. The van der Waals surface area contributed by atoms with Gasteiger partial charge in [-0.3, -0.25) is 4.79 Å². The summed E-state index contributed by atoms with van der Waals surface area (Å²) < 4.78 is 17.5. The van der Waals surface area contributed by atoms with Crippen molar-refractivity contribution in [1.29, 1.82) is 0 Å². The summed E-state index contributed by atoms with van der Waals surface area (Å²) in [6, 6.07) is 11.6. The maximum absolute atomic E-state index is 13.0. The first-order valence-electron chi connectivity index (χ1n) is 12.5. The number of carbonyl (C=O) groups is 2. The Kier molecular flexibility index (Phi) is 7.25. The lowest BCUT2D eigenvalue weighted by Crippen LogP contribution is -2.34. The molecule has 0 spiro atoms.